The first-order valence-electron chi connectivity index (χ1n) is 9.10. The third-order valence-electron chi connectivity index (χ3n) is 4.90. The van der Waals surface area contributed by atoms with Crippen molar-refractivity contribution in [2.45, 2.75) is 38.1 Å². The van der Waals surface area contributed by atoms with Gasteiger partial charge in [-0.15, -0.1) is 11.3 Å². The van der Waals surface area contributed by atoms with E-state index in [2.05, 4.69) is 4.98 Å². The number of rotatable bonds is 5. The number of piperidine rings is 1. The first-order valence-corrected chi connectivity index (χ1v) is 9.92. The number of nitrogens with zero attached hydrogens (tertiary/aromatic N) is 2. The smallest absolute Gasteiger partial charge is 0.303 e. The number of furan rings is 1. The topological polar surface area (TPSA) is 83.6 Å². The van der Waals surface area contributed by atoms with Gasteiger partial charge in [0, 0.05) is 19.0 Å². The van der Waals surface area contributed by atoms with E-state index >= 15 is 0 Å². The van der Waals surface area contributed by atoms with E-state index in [-0.39, 0.29) is 24.1 Å². The monoisotopic (exact) mass is 384 g/mol. The summed E-state index contributed by atoms with van der Waals surface area (Å²) in [5, 5.41) is 9.69. The molecule has 1 aliphatic heterocycles. The van der Waals surface area contributed by atoms with Crippen molar-refractivity contribution in [1.29, 1.82) is 0 Å². The average molecular weight is 384 g/mol. The number of carbonyl (C=O) groups is 2. The van der Waals surface area contributed by atoms with Crippen molar-refractivity contribution < 1.29 is 19.1 Å². The zero-order chi connectivity index (χ0) is 18.8. The fraction of sp³-hybridized carbons (Fsp3) is 0.350. The molecular weight excluding hydrogens is 364 g/mol. The molecule has 1 amide bonds. The minimum Gasteiger partial charge on any atom is -0.481 e. The quantitative estimate of drug-likeness (QED) is 0.704. The van der Waals surface area contributed by atoms with Crippen LogP contribution in [0.25, 0.3) is 21.0 Å². The molecule has 0 bridgehead atoms. The Labute approximate surface area is 160 Å². The maximum Gasteiger partial charge on any atom is 0.303 e. The lowest BCUT2D eigenvalue weighted by molar-refractivity contribution is -0.137. The van der Waals surface area contributed by atoms with Gasteiger partial charge < -0.3 is 14.4 Å². The third-order valence-corrected chi connectivity index (χ3v) is 5.95. The van der Waals surface area contributed by atoms with Crippen LogP contribution in [-0.2, 0) is 4.79 Å². The molecule has 1 saturated heterocycles. The van der Waals surface area contributed by atoms with Crippen LogP contribution in [-0.4, -0.2) is 39.5 Å². The van der Waals surface area contributed by atoms with E-state index in [9.17, 15) is 9.59 Å². The second kappa shape index (κ2) is 7.52. The van der Waals surface area contributed by atoms with Crippen LogP contribution in [0, 0.1) is 0 Å². The summed E-state index contributed by atoms with van der Waals surface area (Å²) in [6.45, 7) is 0.639. The Morgan fingerprint density at radius 1 is 1.22 bits per heavy atom. The molecule has 2 aromatic heterocycles. The largest absolute Gasteiger partial charge is 0.481 e. The highest BCUT2D eigenvalue weighted by atomic mass is 32.1. The van der Waals surface area contributed by atoms with Gasteiger partial charge in [-0.05, 0) is 49.9 Å². The zero-order valence-electron chi connectivity index (χ0n) is 14.8. The van der Waals surface area contributed by atoms with Crippen LogP contribution in [0.3, 0.4) is 0 Å². The van der Waals surface area contributed by atoms with Gasteiger partial charge >= 0.3 is 5.97 Å². The van der Waals surface area contributed by atoms with E-state index in [4.69, 9.17) is 9.52 Å². The summed E-state index contributed by atoms with van der Waals surface area (Å²) in [7, 11) is 0. The number of benzene rings is 1. The minimum atomic E-state index is -0.830. The van der Waals surface area contributed by atoms with Crippen molar-refractivity contribution in [2.24, 2.45) is 0 Å². The van der Waals surface area contributed by atoms with Gasteiger partial charge in [-0.1, -0.05) is 12.1 Å². The molecule has 0 spiro atoms. The van der Waals surface area contributed by atoms with Gasteiger partial charge in [0.1, 0.15) is 0 Å². The molecule has 1 aromatic carbocycles. The Morgan fingerprint density at radius 3 is 2.89 bits per heavy atom. The summed E-state index contributed by atoms with van der Waals surface area (Å²) >= 11 is 1.53. The predicted molar refractivity (Wildman–Crippen MR) is 103 cm³/mol. The van der Waals surface area contributed by atoms with Gasteiger partial charge in [0.2, 0.25) is 0 Å². The number of likely N-dealkylation sites (tertiary alicyclic amines) is 1. The number of fused-ring (bicyclic) bond motifs is 1. The Morgan fingerprint density at radius 2 is 2.07 bits per heavy atom. The molecule has 0 saturated carbocycles. The molecule has 3 aromatic rings. The number of hydrogen-bond donors (Lipinski definition) is 1. The first kappa shape index (κ1) is 17.7. The summed E-state index contributed by atoms with van der Waals surface area (Å²) in [5.41, 5.74) is 0.909. The molecular formula is C20H20N2O4S. The van der Waals surface area contributed by atoms with Crippen LogP contribution < -0.4 is 0 Å². The number of thiazole rings is 1. The summed E-state index contributed by atoms with van der Waals surface area (Å²) in [6, 6.07) is 11.3. The van der Waals surface area contributed by atoms with E-state index in [0.717, 1.165) is 34.5 Å². The number of carboxylic acids is 1. The molecule has 1 fully saturated rings. The highest BCUT2D eigenvalue weighted by Gasteiger charge is 2.29. The van der Waals surface area contributed by atoms with Crippen molar-refractivity contribution in [1.82, 2.24) is 9.88 Å². The Balaban J connectivity index is 1.54. The maximum atomic E-state index is 12.9. The molecule has 27 heavy (non-hydrogen) atoms. The second-order valence-corrected chi connectivity index (χ2v) is 7.76. The molecule has 1 N–H and O–H groups in total. The van der Waals surface area contributed by atoms with Crippen molar-refractivity contribution in [2.75, 3.05) is 6.54 Å². The fourth-order valence-electron chi connectivity index (χ4n) is 3.55. The van der Waals surface area contributed by atoms with Gasteiger partial charge in [-0.2, -0.15) is 0 Å². The van der Waals surface area contributed by atoms with E-state index < -0.39 is 5.97 Å². The van der Waals surface area contributed by atoms with E-state index in [1.54, 1.807) is 17.0 Å². The lowest BCUT2D eigenvalue weighted by atomic mass is 9.97. The van der Waals surface area contributed by atoms with Gasteiger partial charge in [0.15, 0.2) is 16.5 Å². The molecule has 4 rings (SSSR count). The van der Waals surface area contributed by atoms with Gasteiger partial charge in [-0.3, -0.25) is 9.59 Å². The lowest BCUT2D eigenvalue weighted by Gasteiger charge is -2.35. The van der Waals surface area contributed by atoms with Crippen LogP contribution in [0.1, 0.15) is 42.7 Å². The van der Waals surface area contributed by atoms with Gasteiger partial charge in [0.05, 0.1) is 10.2 Å². The summed E-state index contributed by atoms with van der Waals surface area (Å²) < 4.78 is 6.90. The highest BCUT2D eigenvalue weighted by molar-refractivity contribution is 7.21. The molecule has 0 radical (unpaired) electrons. The van der Waals surface area contributed by atoms with E-state index in [1.807, 2.05) is 24.3 Å². The molecule has 140 valence electrons. The van der Waals surface area contributed by atoms with Crippen molar-refractivity contribution in [3.8, 4) is 10.8 Å². The number of para-hydroxylation sites is 1. The number of aliphatic carboxylic acids is 1. The third kappa shape index (κ3) is 3.73. The highest BCUT2D eigenvalue weighted by Crippen LogP contribution is 2.32. The molecule has 6 nitrogen and oxygen atoms in total. The predicted octanol–water partition coefficient (Wildman–Crippen LogP) is 4.42. The van der Waals surface area contributed by atoms with E-state index in [1.165, 1.54) is 11.3 Å². The normalized spacial score (nSPS) is 17.3. The Bertz CT molecular complexity index is 944. The zero-order valence-corrected chi connectivity index (χ0v) is 15.6. The number of aromatic nitrogens is 1. The van der Waals surface area contributed by atoms with Crippen LogP contribution in [0.15, 0.2) is 40.8 Å². The van der Waals surface area contributed by atoms with Crippen molar-refractivity contribution in [3.05, 3.63) is 42.2 Å². The van der Waals surface area contributed by atoms with Crippen LogP contribution in [0.4, 0.5) is 0 Å². The average Bonchev–Trinajstić information content (AvgIpc) is 3.32. The number of hydrogen-bond acceptors (Lipinski definition) is 5. The van der Waals surface area contributed by atoms with Crippen LogP contribution >= 0.6 is 11.3 Å². The van der Waals surface area contributed by atoms with Gasteiger partial charge in [-0.25, -0.2) is 4.98 Å². The standard InChI is InChI=1S/C20H20N2O4S/c23-18(24)11-8-13-5-3-4-12-22(13)20(25)16-10-9-15(26-16)19-21-14-6-1-2-7-17(14)27-19/h1-2,6-7,9-10,13H,3-5,8,11-12H2,(H,23,24). The van der Waals surface area contributed by atoms with Crippen LogP contribution in [0.2, 0.25) is 0 Å². The molecule has 7 heteroatoms. The van der Waals surface area contributed by atoms with E-state index in [0.29, 0.717) is 18.7 Å². The maximum absolute atomic E-state index is 12.9. The Kier molecular flexibility index (Phi) is 4.94. The SMILES string of the molecule is O=C(O)CCC1CCCCN1C(=O)c1ccc(-c2nc3ccccc3s2)o1. The Hall–Kier alpha value is -2.67. The summed E-state index contributed by atoms with van der Waals surface area (Å²) in [5.74, 6) is -0.133. The minimum absolute atomic E-state index is 0.0432. The summed E-state index contributed by atoms with van der Waals surface area (Å²) in [4.78, 5) is 30.2. The molecule has 0 aliphatic carbocycles. The second-order valence-electron chi connectivity index (χ2n) is 6.73. The number of amides is 1. The molecule has 1 unspecified atom stereocenters. The van der Waals surface area contributed by atoms with Crippen molar-refractivity contribution >= 4 is 33.4 Å². The number of carbonyl (C=O) groups excluding carboxylic acids is 1. The lowest BCUT2D eigenvalue weighted by Crippen LogP contribution is -2.43. The molecule has 3 heterocycles. The fourth-order valence-corrected chi connectivity index (χ4v) is 4.47. The summed E-state index contributed by atoms with van der Waals surface area (Å²) in [6.07, 6.45) is 3.34. The van der Waals surface area contributed by atoms with Gasteiger partial charge in [0.25, 0.3) is 5.91 Å². The number of carboxylic acid groups (broad SMARTS) is 1. The van der Waals surface area contributed by atoms with Crippen LogP contribution in [0.5, 0.6) is 0 Å². The van der Waals surface area contributed by atoms with Crippen molar-refractivity contribution in [3.63, 3.8) is 0 Å². The molecule has 1 atom stereocenters. The molecule has 1 aliphatic rings. The first-order chi connectivity index (χ1) is 13.1.